The summed E-state index contributed by atoms with van der Waals surface area (Å²) in [5, 5.41) is 13.5. The second-order valence-electron chi connectivity index (χ2n) is 3.82. The summed E-state index contributed by atoms with van der Waals surface area (Å²) in [7, 11) is 0. The van der Waals surface area contributed by atoms with E-state index in [9.17, 15) is 9.59 Å². The van der Waals surface area contributed by atoms with Crippen molar-refractivity contribution in [3.63, 3.8) is 0 Å². The molecule has 6 nitrogen and oxygen atoms in total. The Bertz CT molecular complexity index is 576. The molecular weight excluding hydrogens is 268 g/mol. The maximum atomic E-state index is 11.8. The van der Waals surface area contributed by atoms with Crippen LogP contribution in [-0.4, -0.2) is 28.0 Å². The number of thiazole rings is 1. The van der Waals surface area contributed by atoms with Crippen LogP contribution in [-0.2, 0) is 4.79 Å². The standard InChI is InChI=1S/C12H12N2O4S/c1-2-8(12(16)17)13-10(15)9-6-19-11(14-9)7-3-4-18-5-7/h3-6,8H,2H2,1H3,(H,13,15)(H,16,17). The lowest BCUT2D eigenvalue weighted by Crippen LogP contribution is -2.40. The number of carboxylic acids is 1. The Kier molecular flexibility index (Phi) is 3.96. The van der Waals surface area contributed by atoms with E-state index in [2.05, 4.69) is 10.3 Å². The van der Waals surface area contributed by atoms with Crippen molar-refractivity contribution < 1.29 is 19.1 Å². The zero-order valence-electron chi connectivity index (χ0n) is 10.1. The molecule has 2 N–H and O–H groups in total. The number of rotatable bonds is 5. The van der Waals surface area contributed by atoms with E-state index in [4.69, 9.17) is 9.52 Å². The first kappa shape index (κ1) is 13.3. The van der Waals surface area contributed by atoms with Crippen LogP contribution in [0, 0.1) is 0 Å². The topological polar surface area (TPSA) is 92.4 Å². The zero-order chi connectivity index (χ0) is 13.8. The van der Waals surface area contributed by atoms with E-state index in [-0.39, 0.29) is 5.69 Å². The van der Waals surface area contributed by atoms with Crippen LogP contribution in [0.5, 0.6) is 0 Å². The van der Waals surface area contributed by atoms with E-state index < -0.39 is 17.9 Å². The summed E-state index contributed by atoms with van der Waals surface area (Å²) >= 11 is 1.30. The summed E-state index contributed by atoms with van der Waals surface area (Å²) in [6, 6.07) is 0.846. The van der Waals surface area contributed by atoms with Gasteiger partial charge in [-0.15, -0.1) is 11.3 Å². The fourth-order valence-electron chi connectivity index (χ4n) is 1.47. The van der Waals surface area contributed by atoms with E-state index in [1.54, 1.807) is 18.4 Å². The van der Waals surface area contributed by atoms with Crippen molar-refractivity contribution in [2.75, 3.05) is 0 Å². The van der Waals surface area contributed by atoms with Gasteiger partial charge in [0.25, 0.3) is 5.91 Å². The minimum atomic E-state index is -1.05. The minimum Gasteiger partial charge on any atom is -0.480 e. The third-order valence-corrected chi connectivity index (χ3v) is 3.41. The highest BCUT2D eigenvalue weighted by Gasteiger charge is 2.20. The van der Waals surface area contributed by atoms with Gasteiger partial charge in [0.05, 0.1) is 6.26 Å². The van der Waals surface area contributed by atoms with E-state index in [1.807, 2.05) is 0 Å². The van der Waals surface area contributed by atoms with Gasteiger partial charge in [-0.05, 0) is 12.5 Å². The maximum Gasteiger partial charge on any atom is 0.326 e. The SMILES string of the molecule is CCC(NC(=O)c1csc(-c2ccoc2)n1)C(=O)O. The fraction of sp³-hybridized carbons (Fsp3) is 0.250. The molecule has 0 fully saturated rings. The molecule has 1 unspecified atom stereocenters. The molecular formula is C12H12N2O4S. The normalized spacial score (nSPS) is 12.1. The first-order valence-electron chi connectivity index (χ1n) is 5.63. The highest BCUT2D eigenvalue weighted by molar-refractivity contribution is 7.13. The Labute approximate surface area is 113 Å². The number of hydrogen-bond acceptors (Lipinski definition) is 5. The predicted molar refractivity (Wildman–Crippen MR) is 69.0 cm³/mol. The molecule has 19 heavy (non-hydrogen) atoms. The summed E-state index contributed by atoms with van der Waals surface area (Å²) in [5.74, 6) is -1.54. The van der Waals surface area contributed by atoms with Crippen molar-refractivity contribution in [1.29, 1.82) is 0 Å². The second-order valence-corrected chi connectivity index (χ2v) is 4.68. The molecule has 0 spiro atoms. The highest BCUT2D eigenvalue weighted by atomic mass is 32.1. The quantitative estimate of drug-likeness (QED) is 0.873. The molecule has 0 aliphatic heterocycles. The molecule has 7 heteroatoms. The van der Waals surface area contributed by atoms with Gasteiger partial charge in [-0.2, -0.15) is 0 Å². The molecule has 0 aliphatic carbocycles. The summed E-state index contributed by atoms with van der Waals surface area (Å²) in [6.07, 6.45) is 3.38. The molecule has 1 atom stereocenters. The van der Waals surface area contributed by atoms with Crippen LogP contribution in [0.25, 0.3) is 10.6 Å². The lowest BCUT2D eigenvalue weighted by Gasteiger charge is -2.10. The zero-order valence-corrected chi connectivity index (χ0v) is 10.9. The fourth-order valence-corrected chi connectivity index (χ4v) is 2.25. The number of nitrogens with zero attached hydrogens (tertiary/aromatic N) is 1. The van der Waals surface area contributed by atoms with Crippen molar-refractivity contribution in [2.24, 2.45) is 0 Å². The van der Waals surface area contributed by atoms with Gasteiger partial charge < -0.3 is 14.8 Å². The monoisotopic (exact) mass is 280 g/mol. The third-order valence-electron chi connectivity index (χ3n) is 2.52. The van der Waals surface area contributed by atoms with E-state index in [0.717, 1.165) is 5.56 Å². The Morgan fingerprint density at radius 2 is 2.37 bits per heavy atom. The molecule has 0 saturated carbocycles. The molecule has 0 radical (unpaired) electrons. The summed E-state index contributed by atoms with van der Waals surface area (Å²) in [4.78, 5) is 26.8. The van der Waals surface area contributed by atoms with Crippen molar-refractivity contribution in [3.8, 4) is 10.6 Å². The number of nitrogens with one attached hydrogen (secondary N) is 1. The number of carbonyl (C=O) groups is 2. The number of furan rings is 1. The molecule has 2 rings (SSSR count). The number of amides is 1. The number of aliphatic carboxylic acids is 1. The van der Waals surface area contributed by atoms with Crippen molar-refractivity contribution in [1.82, 2.24) is 10.3 Å². The molecule has 2 aromatic heterocycles. The van der Waals surface area contributed by atoms with Gasteiger partial charge >= 0.3 is 5.97 Å². The van der Waals surface area contributed by atoms with E-state index >= 15 is 0 Å². The molecule has 1 amide bonds. The second kappa shape index (κ2) is 5.66. The smallest absolute Gasteiger partial charge is 0.326 e. The molecule has 0 aliphatic rings. The maximum absolute atomic E-state index is 11.8. The third kappa shape index (κ3) is 3.00. The Hall–Kier alpha value is -2.15. The van der Waals surface area contributed by atoms with E-state index in [1.165, 1.54) is 23.9 Å². The van der Waals surface area contributed by atoms with Gasteiger partial charge in [0.15, 0.2) is 0 Å². The van der Waals surface area contributed by atoms with Gasteiger partial charge in [-0.25, -0.2) is 9.78 Å². The van der Waals surface area contributed by atoms with Crippen LogP contribution in [0.2, 0.25) is 0 Å². The first-order chi connectivity index (χ1) is 9.11. The molecule has 0 aromatic carbocycles. The van der Waals surface area contributed by atoms with Crippen molar-refractivity contribution >= 4 is 23.2 Å². The molecule has 0 bridgehead atoms. The molecule has 2 heterocycles. The van der Waals surface area contributed by atoms with Crippen LogP contribution >= 0.6 is 11.3 Å². The van der Waals surface area contributed by atoms with Gasteiger partial charge in [0, 0.05) is 10.9 Å². The first-order valence-corrected chi connectivity index (χ1v) is 6.51. The molecule has 100 valence electrons. The van der Waals surface area contributed by atoms with Crippen LogP contribution in [0.15, 0.2) is 28.4 Å². The van der Waals surface area contributed by atoms with E-state index in [0.29, 0.717) is 11.4 Å². The predicted octanol–water partition coefficient (Wildman–Crippen LogP) is 2.00. The molecule has 0 saturated heterocycles. The number of hydrogen-bond donors (Lipinski definition) is 2. The Morgan fingerprint density at radius 1 is 1.58 bits per heavy atom. The minimum absolute atomic E-state index is 0.209. The average molecular weight is 280 g/mol. The molecule has 2 aromatic rings. The largest absolute Gasteiger partial charge is 0.480 e. The summed E-state index contributed by atoms with van der Waals surface area (Å²) in [5.41, 5.74) is 0.996. The van der Waals surface area contributed by atoms with Crippen LogP contribution in [0.1, 0.15) is 23.8 Å². The summed E-state index contributed by atoms with van der Waals surface area (Å²) in [6.45, 7) is 1.69. The Morgan fingerprint density at radius 3 is 2.95 bits per heavy atom. The van der Waals surface area contributed by atoms with Crippen molar-refractivity contribution in [2.45, 2.75) is 19.4 Å². The lowest BCUT2D eigenvalue weighted by molar-refractivity contribution is -0.139. The van der Waals surface area contributed by atoms with Gasteiger partial charge in [0.1, 0.15) is 23.0 Å². The number of carbonyl (C=O) groups excluding carboxylic acids is 1. The van der Waals surface area contributed by atoms with Crippen molar-refractivity contribution in [3.05, 3.63) is 29.7 Å². The number of carboxylic acid groups (broad SMARTS) is 1. The van der Waals surface area contributed by atoms with Gasteiger partial charge in [0.2, 0.25) is 0 Å². The van der Waals surface area contributed by atoms with Crippen LogP contribution in [0.4, 0.5) is 0 Å². The van der Waals surface area contributed by atoms with Gasteiger partial charge in [-0.3, -0.25) is 4.79 Å². The lowest BCUT2D eigenvalue weighted by atomic mass is 10.2. The Balaban J connectivity index is 2.10. The van der Waals surface area contributed by atoms with Crippen LogP contribution in [0.3, 0.4) is 0 Å². The number of aromatic nitrogens is 1. The average Bonchev–Trinajstić information content (AvgIpc) is 3.04. The summed E-state index contributed by atoms with van der Waals surface area (Å²) < 4.78 is 4.94. The van der Waals surface area contributed by atoms with Gasteiger partial charge in [-0.1, -0.05) is 6.92 Å². The van der Waals surface area contributed by atoms with Crippen LogP contribution < -0.4 is 5.32 Å². The highest BCUT2D eigenvalue weighted by Crippen LogP contribution is 2.23.